The Kier molecular flexibility index (Phi) is 4.95. The van der Waals surface area contributed by atoms with E-state index in [1.807, 2.05) is 0 Å². The molecule has 7 nitrogen and oxygen atoms in total. The molecule has 7 heteroatoms. The fourth-order valence-corrected chi connectivity index (χ4v) is 3.26. The van der Waals surface area contributed by atoms with Crippen molar-refractivity contribution in [1.82, 2.24) is 10.2 Å². The Balaban J connectivity index is 1.40. The van der Waals surface area contributed by atoms with Gasteiger partial charge in [-0.25, -0.2) is 0 Å². The van der Waals surface area contributed by atoms with Crippen LogP contribution in [0.15, 0.2) is 0 Å². The Bertz CT molecular complexity index is 406. The van der Waals surface area contributed by atoms with Crippen LogP contribution >= 0.6 is 0 Å². The summed E-state index contributed by atoms with van der Waals surface area (Å²) in [5.74, 6) is -0.561. The number of likely N-dealkylation sites (tertiary alicyclic amines) is 1. The number of hydrogen-bond acceptors (Lipinski definition) is 5. The second kappa shape index (κ2) is 6.93. The zero-order valence-corrected chi connectivity index (χ0v) is 12.8. The van der Waals surface area contributed by atoms with Crippen molar-refractivity contribution in [1.29, 1.82) is 0 Å². The Morgan fingerprint density at radius 2 is 1.68 bits per heavy atom. The number of nitrogens with zero attached hydrogens (tertiary/aromatic N) is 1. The zero-order chi connectivity index (χ0) is 15.4. The smallest absolute Gasteiger partial charge is 0.241 e. The van der Waals surface area contributed by atoms with E-state index in [1.165, 1.54) is 0 Å². The predicted molar refractivity (Wildman–Crippen MR) is 77.0 cm³/mol. The van der Waals surface area contributed by atoms with E-state index in [4.69, 9.17) is 14.2 Å². The molecule has 3 fully saturated rings. The number of hydrogen-bond donors (Lipinski definition) is 1. The van der Waals surface area contributed by atoms with E-state index in [2.05, 4.69) is 5.32 Å². The number of rotatable bonds is 3. The van der Waals surface area contributed by atoms with Crippen molar-refractivity contribution < 1.29 is 23.8 Å². The van der Waals surface area contributed by atoms with Gasteiger partial charge in [0, 0.05) is 45.1 Å². The molecule has 0 bridgehead atoms. The largest absolute Gasteiger partial charge is 0.381 e. The summed E-state index contributed by atoms with van der Waals surface area (Å²) in [4.78, 5) is 26.0. The van der Waals surface area contributed by atoms with Crippen molar-refractivity contribution in [3.8, 4) is 0 Å². The summed E-state index contributed by atoms with van der Waals surface area (Å²) >= 11 is 0. The van der Waals surface area contributed by atoms with Crippen molar-refractivity contribution >= 4 is 11.8 Å². The SMILES string of the molecule is O=C(NCC(=O)N1CCC2(CC1)OCCO2)C1CCOCC1. The fraction of sp³-hybridized carbons (Fsp3) is 0.867. The molecule has 3 aliphatic rings. The second-order valence-corrected chi connectivity index (χ2v) is 6.09. The van der Waals surface area contributed by atoms with Crippen LogP contribution in [0.5, 0.6) is 0 Å². The van der Waals surface area contributed by atoms with Crippen LogP contribution in [0.1, 0.15) is 25.7 Å². The molecule has 1 N–H and O–H groups in total. The van der Waals surface area contributed by atoms with Gasteiger partial charge in [-0.2, -0.15) is 0 Å². The summed E-state index contributed by atoms with van der Waals surface area (Å²) in [6, 6.07) is 0. The predicted octanol–water partition coefficient (Wildman–Crippen LogP) is -0.105. The average Bonchev–Trinajstić information content (AvgIpc) is 3.02. The molecule has 124 valence electrons. The van der Waals surface area contributed by atoms with Crippen LogP contribution in [0, 0.1) is 5.92 Å². The van der Waals surface area contributed by atoms with Gasteiger partial charge < -0.3 is 24.4 Å². The van der Waals surface area contributed by atoms with Crippen molar-refractivity contribution in [2.75, 3.05) is 46.1 Å². The number of ether oxygens (including phenoxy) is 3. The van der Waals surface area contributed by atoms with Gasteiger partial charge in [-0.3, -0.25) is 9.59 Å². The van der Waals surface area contributed by atoms with Crippen LogP contribution in [0.4, 0.5) is 0 Å². The first-order valence-corrected chi connectivity index (χ1v) is 8.10. The minimum atomic E-state index is -0.470. The Labute approximate surface area is 130 Å². The Morgan fingerprint density at radius 3 is 2.32 bits per heavy atom. The van der Waals surface area contributed by atoms with Crippen LogP contribution in [0.3, 0.4) is 0 Å². The van der Waals surface area contributed by atoms with Crippen molar-refractivity contribution in [3.05, 3.63) is 0 Å². The molecular weight excluding hydrogens is 288 g/mol. The first-order valence-electron chi connectivity index (χ1n) is 8.10. The maximum Gasteiger partial charge on any atom is 0.241 e. The van der Waals surface area contributed by atoms with E-state index in [-0.39, 0.29) is 24.3 Å². The van der Waals surface area contributed by atoms with Gasteiger partial charge in [-0.1, -0.05) is 0 Å². The van der Waals surface area contributed by atoms with Crippen LogP contribution in [-0.2, 0) is 23.8 Å². The standard InChI is InChI=1S/C15H24N2O5/c18-13(11-16-14(19)12-1-7-20-8-2-12)17-5-3-15(4-6-17)21-9-10-22-15/h12H,1-11H2,(H,16,19). The molecule has 0 radical (unpaired) electrons. The number of carbonyl (C=O) groups is 2. The third-order valence-electron chi connectivity index (χ3n) is 4.70. The highest BCUT2D eigenvalue weighted by Gasteiger charge is 2.40. The lowest BCUT2D eigenvalue weighted by molar-refractivity contribution is -0.187. The quantitative estimate of drug-likeness (QED) is 0.787. The molecule has 3 saturated heterocycles. The fourth-order valence-electron chi connectivity index (χ4n) is 3.26. The van der Waals surface area contributed by atoms with Gasteiger partial charge in [0.05, 0.1) is 19.8 Å². The number of nitrogens with one attached hydrogen (secondary N) is 1. The summed E-state index contributed by atoms with van der Waals surface area (Å²) in [5, 5.41) is 2.76. The molecular formula is C15H24N2O5. The summed E-state index contributed by atoms with van der Waals surface area (Å²) < 4.78 is 16.5. The summed E-state index contributed by atoms with van der Waals surface area (Å²) in [6.07, 6.45) is 2.88. The molecule has 0 unspecified atom stereocenters. The van der Waals surface area contributed by atoms with Gasteiger partial charge in [0.15, 0.2) is 5.79 Å². The van der Waals surface area contributed by atoms with Crippen molar-refractivity contribution in [2.45, 2.75) is 31.5 Å². The lowest BCUT2D eigenvalue weighted by Gasteiger charge is -2.37. The Hall–Kier alpha value is -1.18. The second-order valence-electron chi connectivity index (χ2n) is 6.09. The average molecular weight is 312 g/mol. The van der Waals surface area contributed by atoms with Gasteiger partial charge in [0.25, 0.3) is 0 Å². The molecule has 0 aromatic heterocycles. The van der Waals surface area contributed by atoms with Crippen LogP contribution < -0.4 is 5.32 Å². The van der Waals surface area contributed by atoms with Crippen molar-refractivity contribution in [3.63, 3.8) is 0 Å². The monoisotopic (exact) mass is 312 g/mol. The molecule has 2 amide bonds. The lowest BCUT2D eigenvalue weighted by Crippen LogP contribution is -2.50. The highest BCUT2D eigenvalue weighted by atomic mass is 16.7. The van der Waals surface area contributed by atoms with E-state index < -0.39 is 5.79 Å². The molecule has 0 aromatic rings. The maximum atomic E-state index is 12.2. The third-order valence-corrected chi connectivity index (χ3v) is 4.70. The zero-order valence-electron chi connectivity index (χ0n) is 12.8. The normalized spacial score (nSPS) is 25.4. The minimum absolute atomic E-state index is 0.0218. The molecule has 0 aromatic carbocycles. The topological polar surface area (TPSA) is 77.1 Å². The lowest BCUT2D eigenvalue weighted by atomic mass is 9.99. The van der Waals surface area contributed by atoms with Gasteiger partial charge in [0.2, 0.25) is 11.8 Å². The molecule has 3 rings (SSSR count). The third kappa shape index (κ3) is 3.59. The first kappa shape index (κ1) is 15.7. The van der Waals surface area contributed by atoms with Gasteiger partial charge in [0.1, 0.15) is 0 Å². The Morgan fingerprint density at radius 1 is 1.05 bits per heavy atom. The molecule has 1 spiro atoms. The van der Waals surface area contributed by atoms with Crippen LogP contribution in [0.2, 0.25) is 0 Å². The number of amides is 2. The van der Waals surface area contributed by atoms with Gasteiger partial charge in [-0.05, 0) is 12.8 Å². The highest BCUT2D eigenvalue weighted by molar-refractivity contribution is 5.85. The van der Waals surface area contributed by atoms with Gasteiger partial charge >= 0.3 is 0 Å². The van der Waals surface area contributed by atoms with Gasteiger partial charge in [-0.15, -0.1) is 0 Å². The summed E-state index contributed by atoms with van der Waals surface area (Å²) in [5.41, 5.74) is 0. The van der Waals surface area contributed by atoms with E-state index in [0.717, 1.165) is 12.8 Å². The van der Waals surface area contributed by atoms with Crippen LogP contribution in [-0.4, -0.2) is 68.6 Å². The van der Waals surface area contributed by atoms with Crippen LogP contribution in [0.25, 0.3) is 0 Å². The maximum absolute atomic E-state index is 12.2. The molecule has 0 saturated carbocycles. The first-order chi connectivity index (χ1) is 10.7. The van der Waals surface area contributed by atoms with E-state index in [9.17, 15) is 9.59 Å². The van der Waals surface area contributed by atoms with E-state index in [0.29, 0.717) is 52.4 Å². The molecule has 0 atom stereocenters. The highest BCUT2D eigenvalue weighted by Crippen LogP contribution is 2.31. The van der Waals surface area contributed by atoms with Crippen molar-refractivity contribution in [2.24, 2.45) is 5.92 Å². The molecule has 22 heavy (non-hydrogen) atoms. The van der Waals surface area contributed by atoms with E-state index in [1.54, 1.807) is 4.90 Å². The molecule has 3 aliphatic heterocycles. The molecule has 0 aliphatic carbocycles. The number of piperidine rings is 1. The minimum Gasteiger partial charge on any atom is -0.381 e. The van der Waals surface area contributed by atoms with E-state index >= 15 is 0 Å². The number of carbonyl (C=O) groups excluding carboxylic acids is 2. The summed E-state index contributed by atoms with van der Waals surface area (Å²) in [6.45, 7) is 3.83. The molecule has 3 heterocycles. The summed E-state index contributed by atoms with van der Waals surface area (Å²) in [7, 11) is 0.